The van der Waals surface area contributed by atoms with E-state index >= 15 is 0 Å². The molecule has 244 valence electrons. The highest BCUT2D eigenvalue weighted by Crippen LogP contribution is 2.23. The Labute approximate surface area is 253 Å². The number of ether oxygens (including phenoxy) is 3. The average molecular weight is 612 g/mol. The lowest BCUT2D eigenvalue weighted by Crippen LogP contribution is -2.55. The zero-order chi connectivity index (χ0) is 32.9. The van der Waals surface area contributed by atoms with Gasteiger partial charge in [-0.1, -0.05) is 0 Å². The van der Waals surface area contributed by atoms with Crippen molar-refractivity contribution in [3.8, 4) is 0 Å². The zero-order valence-corrected chi connectivity index (χ0v) is 26.8. The smallest absolute Gasteiger partial charge is 0.348 e. The highest BCUT2D eigenvalue weighted by molar-refractivity contribution is 5.73. The topological polar surface area (TPSA) is 188 Å². The van der Waals surface area contributed by atoms with Crippen LogP contribution in [0, 0.1) is 0 Å². The number of hydrogen-bond acceptors (Lipinski definition) is 11. The van der Waals surface area contributed by atoms with E-state index in [-0.39, 0.29) is 39.3 Å². The summed E-state index contributed by atoms with van der Waals surface area (Å²) in [6.07, 6.45) is -4.16. The van der Waals surface area contributed by atoms with Gasteiger partial charge in [-0.25, -0.2) is 14.4 Å². The molecule has 1 aliphatic rings. The number of aliphatic carboxylic acids is 3. The van der Waals surface area contributed by atoms with Gasteiger partial charge in [-0.2, -0.15) is 0 Å². The molecule has 3 atom stereocenters. The minimum Gasteiger partial charge on any atom is -0.478 e. The number of aromatic nitrogens is 1. The van der Waals surface area contributed by atoms with Crippen LogP contribution in [0.15, 0.2) is 12.1 Å². The maximum absolute atomic E-state index is 12.5. The van der Waals surface area contributed by atoms with Crippen LogP contribution >= 0.6 is 0 Å². The Kier molecular flexibility index (Phi) is 12.0. The maximum atomic E-state index is 12.5. The summed E-state index contributed by atoms with van der Waals surface area (Å²) in [4.78, 5) is 46.7. The molecule has 1 aromatic heterocycles. The number of hydrogen-bond donors (Lipinski definition) is 4. The number of pyridine rings is 1. The molecule has 0 fully saturated rings. The van der Waals surface area contributed by atoms with Gasteiger partial charge in [-0.3, -0.25) is 19.7 Å². The van der Waals surface area contributed by atoms with Gasteiger partial charge in [0.05, 0.1) is 28.2 Å². The molecule has 2 heterocycles. The Morgan fingerprint density at radius 2 is 0.930 bits per heavy atom. The van der Waals surface area contributed by atoms with E-state index in [0.29, 0.717) is 17.1 Å². The molecule has 2 bridgehead atoms. The molecule has 14 heteroatoms. The summed E-state index contributed by atoms with van der Waals surface area (Å²) in [6, 6.07) is 3.23. The van der Waals surface area contributed by atoms with Crippen LogP contribution in [-0.4, -0.2) is 115 Å². The summed E-state index contributed by atoms with van der Waals surface area (Å²) in [5.74, 6) is -3.66. The predicted molar refractivity (Wildman–Crippen MR) is 158 cm³/mol. The van der Waals surface area contributed by atoms with Gasteiger partial charge in [0.2, 0.25) is 18.7 Å². The molecular weight excluding hydrogens is 562 g/mol. The fraction of sp³-hybridized carbons (Fsp3) is 0.724. The number of nitrogen functional groups attached to an aromatic ring is 1. The lowest BCUT2D eigenvalue weighted by molar-refractivity contribution is -0.194. The lowest BCUT2D eigenvalue weighted by Gasteiger charge is -2.39. The van der Waals surface area contributed by atoms with Crippen LogP contribution in [0.3, 0.4) is 0 Å². The Bertz CT molecular complexity index is 1060. The summed E-state index contributed by atoms with van der Waals surface area (Å²) in [5.41, 5.74) is 5.01. The van der Waals surface area contributed by atoms with E-state index in [1.165, 1.54) is 0 Å². The molecule has 14 nitrogen and oxygen atoms in total. The number of rotatable bonds is 9. The van der Waals surface area contributed by atoms with Gasteiger partial charge in [0.1, 0.15) is 0 Å². The predicted octanol–water partition coefficient (Wildman–Crippen LogP) is 2.26. The number of carboxylic acid groups (broad SMARTS) is 3. The summed E-state index contributed by atoms with van der Waals surface area (Å²) in [7, 11) is 0. The molecule has 2 rings (SSSR count). The molecule has 0 aliphatic carbocycles. The third-order valence-electron chi connectivity index (χ3n) is 6.06. The second kappa shape index (κ2) is 14.3. The van der Waals surface area contributed by atoms with Crippen LogP contribution in [-0.2, 0) is 41.7 Å². The molecule has 1 aliphatic heterocycles. The van der Waals surface area contributed by atoms with Gasteiger partial charge in [0.25, 0.3) is 0 Å². The van der Waals surface area contributed by atoms with Crippen molar-refractivity contribution >= 4 is 23.6 Å². The van der Waals surface area contributed by atoms with Gasteiger partial charge in [0.15, 0.2) is 0 Å². The Hall–Kier alpha value is -2.88. The van der Waals surface area contributed by atoms with Crippen molar-refractivity contribution < 1.29 is 43.9 Å². The number of fused-ring (bicyclic) bond motifs is 2. The summed E-state index contributed by atoms with van der Waals surface area (Å²) in [5, 5.41) is 30.5. The third-order valence-corrected chi connectivity index (χ3v) is 6.06. The highest BCUT2D eigenvalue weighted by Gasteiger charge is 2.37. The van der Waals surface area contributed by atoms with Crippen LogP contribution in [0.25, 0.3) is 0 Å². The molecule has 1 aromatic rings. The molecule has 3 unspecified atom stereocenters. The van der Waals surface area contributed by atoms with Gasteiger partial charge in [-0.05, 0) is 74.4 Å². The molecule has 5 N–H and O–H groups in total. The first-order valence-electron chi connectivity index (χ1n) is 14.2. The van der Waals surface area contributed by atoms with Crippen molar-refractivity contribution in [3.63, 3.8) is 0 Å². The standard InChI is InChI=1S/C29H49N5O9/c1-27(2,3)41-21(24(35)36)32-10-12-33(22(25(37)38)42-28(4,5)6)16-19-14-18(30)15-20(31-19)17-34(13-11-32)23(26(39)40)43-29(7,8)9/h14-15,21-23H,10-13,16-17H2,1-9H3,(H2,30,31)(H,35,36)(H,37,38)(H,39,40). The Morgan fingerprint density at radius 3 is 1.21 bits per heavy atom. The van der Waals surface area contributed by atoms with Gasteiger partial charge in [-0.15, -0.1) is 0 Å². The first-order valence-corrected chi connectivity index (χ1v) is 14.2. The maximum Gasteiger partial charge on any atom is 0.348 e. The van der Waals surface area contributed by atoms with E-state index in [0.717, 1.165) is 0 Å². The molecular formula is C29H49N5O9. The first kappa shape index (κ1) is 36.3. The minimum atomic E-state index is -1.41. The Morgan fingerprint density at radius 1 is 0.651 bits per heavy atom. The Balaban J connectivity index is 2.68. The summed E-state index contributed by atoms with van der Waals surface area (Å²) < 4.78 is 17.8. The van der Waals surface area contributed by atoms with Crippen molar-refractivity contribution in [2.75, 3.05) is 31.9 Å². The molecule has 0 amide bonds. The number of anilines is 1. The molecule has 0 aromatic carbocycles. The second-order valence-corrected chi connectivity index (χ2v) is 13.6. The first-order chi connectivity index (χ1) is 19.5. The van der Waals surface area contributed by atoms with Crippen LogP contribution in [0.4, 0.5) is 5.69 Å². The molecule has 0 spiro atoms. The minimum absolute atomic E-state index is 0.0116. The SMILES string of the molecule is CC(C)(C)OC(C(=O)O)N1CCN(C(OC(C)(C)C)C(=O)O)Cc2cc(N)cc(n2)CN(C(OC(C)(C)C)C(=O)O)CC1. The van der Waals surface area contributed by atoms with Crippen molar-refractivity contribution in [1.29, 1.82) is 0 Å². The van der Waals surface area contributed by atoms with Crippen LogP contribution in [0.5, 0.6) is 0 Å². The van der Waals surface area contributed by atoms with E-state index in [1.807, 2.05) is 0 Å². The zero-order valence-electron chi connectivity index (χ0n) is 26.8. The largest absolute Gasteiger partial charge is 0.478 e. The quantitative estimate of drug-likeness (QED) is 0.318. The number of carbonyl (C=O) groups is 3. The summed E-state index contributed by atoms with van der Waals surface area (Å²) >= 11 is 0. The van der Waals surface area contributed by atoms with Crippen molar-refractivity contribution in [3.05, 3.63) is 23.5 Å². The van der Waals surface area contributed by atoms with Crippen molar-refractivity contribution in [2.24, 2.45) is 0 Å². The summed E-state index contributed by atoms with van der Waals surface area (Å²) in [6.45, 7) is 15.9. The van der Waals surface area contributed by atoms with E-state index in [4.69, 9.17) is 19.9 Å². The van der Waals surface area contributed by atoms with E-state index in [9.17, 15) is 29.7 Å². The van der Waals surface area contributed by atoms with Gasteiger partial charge in [0, 0.05) is 45.0 Å². The van der Waals surface area contributed by atoms with Crippen molar-refractivity contribution in [1.82, 2.24) is 19.7 Å². The lowest BCUT2D eigenvalue weighted by atomic mass is 10.1. The van der Waals surface area contributed by atoms with E-state index in [1.54, 1.807) is 89.1 Å². The number of nitrogens with two attached hydrogens (primary N) is 1. The molecule has 0 radical (unpaired) electrons. The molecule has 43 heavy (non-hydrogen) atoms. The van der Waals surface area contributed by atoms with E-state index in [2.05, 4.69) is 4.98 Å². The fourth-order valence-corrected chi connectivity index (χ4v) is 4.52. The van der Waals surface area contributed by atoms with Crippen LogP contribution in [0.1, 0.15) is 73.7 Å². The van der Waals surface area contributed by atoms with Crippen molar-refractivity contribution in [2.45, 2.75) is 111 Å². The van der Waals surface area contributed by atoms with Gasteiger partial charge < -0.3 is 35.3 Å². The average Bonchev–Trinajstić information content (AvgIpc) is 2.80. The van der Waals surface area contributed by atoms with Gasteiger partial charge >= 0.3 is 17.9 Å². The number of nitrogens with zero attached hydrogens (tertiary/aromatic N) is 4. The number of carboxylic acids is 3. The van der Waals surface area contributed by atoms with E-state index < -0.39 is 53.4 Å². The normalized spacial score (nSPS) is 19.1. The van der Waals surface area contributed by atoms with Crippen LogP contribution in [0.2, 0.25) is 0 Å². The second-order valence-electron chi connectivity index (χ2n) is 13.6. The highest BCUT2D eigenvalue weighted by atomic mass is 16.6. The van der Waals surface area contributed by atoms with Crippen LogP contribution < -0.4 is 5.73 Å². The third kappa shape index (κ3) is 12.3. The molecule has 0 saturated carbocycles. The monoisotopic (exact) mass is 611 g/mol. The fourth-order valence-electron chi connectivity index (χ4n) is 4.52. The molecule has 0 saturated heterocycles.